The summed E-state index contributed by atoms with van der Waals surface area (Å²) < 4.78 is 4.69. The van der Waals surface area contributed by atoms with Gasteiger partial charge in [0.05, 0.1) is 13.2 Å². The zero-order valence-corrected chi connectivity index (χ0v) is 17.9. The van der Waals surface area contributed by atoms with Crippen molar-refractivity contribution >= 4 is 5.97 Å². The Morgan fingerprint density at radius 2 is 2.17 bits per heavy atom. The molecule has 29 heavy (non-hydrogen) atoms. The third-order valence-corrected chi connectivity index (χ3v) is 5.91. The molecule has 2 N–H and O–H groups in total. The fourth-order valence-electron chi connectivity index (χ4n) is 4.07. The number of methoxy groups -OCH3 is 1. The van der Waals surface area contributed by atoms with E-state index in [1.165, 1.54) is 7.11 Å². The zero-order valence-electron chi connectivity index (χ0n) is 17.9. The summed E-state index contributed by atoms with van der Waals surface area (Å²) in [5, 5.41) is 21.2. The van der Waals surface area contributed by atoms with Crippen molar-refractivity contribution in [2.45, 2.75) is 70.8 Å². The molecule has 158 valence electrons. The number of aliphatic hydroxyl groups excluding tert-OH is 1. The second kappa shape index (κ2) is 11.7. The molecule has 0 heterocycles. The number of hydrogen-bond donors (Lipinski definition) is 2. The first-order chi connectivity index (χ1) is 14.0. The van der Waals surface area contributed by atoms with E-state index in [0.717, 1.165) is 30.4 Å². The maximum absolute atomic E-state index is 11.3. The van der Waals surface area contributed by atoms with Crippen molar-refractivity contribution in [2.24, 2.45) is 11.8 Å². The first-order valence-corrected chi connectivity index (χ1v) is 10.6. The van der Waals surface area contributed by atoms with Crippen LogP contribution in [0.15, 0.2) is 30.4 Å². The van der Waals surface area contributed by atoms with Crippen LogP contribution in [0.1, 0.15) is 69.4 Å². The number of aryl methyl sites for hydroxylation is 1. The number of allylic oxidation sites excluding steroid dienone is 1. The summed E-state index contributed by atoms with van der Waals surface area (Å²) >= 11 is 0. The van der Waals surface area contributed by atoms with Crippen LogP contribution in [0.3, 0.4) is 0 Å². The fraction of sp³-hybridized carbons (Fsp3) is 0.560. The highest BCUT2D eigenvalue weighted by Gasteiger charge is 2.29. The number of phenolic OH excluding ortho intramolecular Hbond substituents is 1. The van der Waals surface area contributed by atoms with Gasteiger partial charge < -0.3 is 14.9 Å². The molecule has 2 rings (SSSR count). The molecule has 4 nitrogen and oxygen atoms in total. The van der Waals surface area contributed by atoms with E-state index in [2.05, 4.69) is 22.7 Å². The first-order valence-electron chi connectivity index (χ1n) is 10.6. The van der Waals surface area contributed by atoms with Crippen molar-refractivity contribution in [1.29, 1.82) is 0 Å². The van der Waals surface area contributed by atoms with Crippen LogP contribution in [0.2, 0.25) is 0 Å². The lowest BCUT2D eigenvalue weighted by Crippen LogP contribution is -2.15. The van der Waals surface area contributed by atoms with Crippen LogP contribution >= 0.6 is 0 Å². The molecule has 4 atom stereocenters. The van der Waals surface area contributed by atoms with Gasteiger partial charge >= 0.3 is 5.97 Å². The molecule has 0 saturated heterocycles. The van der Waals surface area contributed by atoms with Crippen LogP contribution in [0.25, 0.3) is 0 Å². The quantitative estimate of drug-likeness (QED) is 0.358. The molecular weight excluding hydrogens is 364 g/mol. The number of ether oxygens (including phenoxy) is 1. The number of benzene rings is 1. The molecule has 0 radical (unpaired) electrons. The number of carbonyl (C=O) groups excluding carboxylic acids is 1. The number of rotatable bonds is 9. The Bertz CT molecular complexity index is 756. The second-order valence-electron chi connectivity index (χ2n) is 7.97. The van der Waals surface area contributed by atoms with Gasteiger partial charge in [0.1, 0.15) is 5.75 Å². The van der Waals surface area contributed by atoms with E-state index in [1.807, 2.05) is 38.1 Å². The van der Waals surface area contributed by atoms with E-state index in [9.17, 15) is 15.0 Å². The average molecular weight is 399 g/mol. The summed E-state index contributed by atoms with van der Waals surface area (Å²) in [4.78, 5) is 11.3. The first kappa shape index (κ1) is 23.0. The van der Waals surface area contributed by atoms with E-state index in [1.54, 1.807) is 0 Å². The SMILES string of the molecule is CC#CCC(C)[C@@H](O)/C=C/C1CCC[C@@H]1c1cccc(CCCC(=O)OC)c1O. The van der Waals surface area contributed by atoms with Crippen molar-refractivity contribution in [3.8, 4) is 17.6 Å². The number of esters is 1. The molecule has 0 bridgehead atoms. The highest BCUT2D eigenvalue weighted by atomic mass is 16.5. The Morgan fingerprint density at radius 3 is 2.90 bits per heavy atom. The number of hydrogen-bond acceptors (Lipinski definition) is 4. The third-order valence-electron chi connectivity index (χ3n) is 5.91. The van der Waals surface area contributed by atoms with Crippen LogP contribution in [0, 0.1) is 23.7 Å². The van der Waals surface area contributed by atoms with Gasteiger partial charge in [-0.25, -0.2) is 0 Å². The van der Waals surface area contributed by atoms with Gasteiger partial charge in [0.25, 0.3) is 0 Å². The molecule has 0 aliphatic heterocycles. The second-order valence-corrected chi connectivity index (χ2v) is 7.97. The van der Waals surface area contributed by atoms with Crippen molar-refractivity contribution in [3.05, 3.63) is 41.5 Å². The molecular formula is C25H34O4. The van der Waals surface area contributed by atoms with E-state index < -0.39 is 6.10 Å². The maximum atomic E-state index is 11.3. The van der Waals surface area contributed by atoms with Crippen LogP contribution in [-0.2, 0) is 16.0 Å². The summed E-state index contributed by atoms with van der Waals surface area (Å²) in [6.45, 7) is 3.82. The summed E-state index contributed by atoms with van der Waals surface area (Å²) in [7, 11) is 1.39. The van der Waals surface area contributed by atoms with Gasteiger partial charge in [-0.3, -0.25) is 4.79 Å². The number of phenols is 1. The molecule has 0 spiro atoms. The van der Waals surface area contributed by atoms with E-state index in [4.69, 9.17) is 0 Å². The smallest absolute Gasteiger partial charge is 0.305 e. The highest BCUT2D eigenvalue weighted by Crippen LogP contribution is 2.44. The molecule has 1 saturated carbocycles. The third kappa shape index (κ3) is 6.65. The minimum atomic E-state index is -0.504. The van der Waals surface area contributed by atoms with Gasteiger partial charge in [-0.1, -0.05) is 43.7 Å². The number of aliphatic hydroxyl groups is 1. The molecule has 2 unspecified atom stereocenters. The Balaban J connectivity index is 2.06. The minimum absolute atomic E-state index is 0.102. The topological polar surface area (TPSA) is 66.8 Å². The lowest BCUT2D eigenvalue weighted by atomic mass is 9.86. The Hall–Kier alpha value is -2.25. The standard InChI is InChI=1S/C25H34O4/c1-4-5-9-18(2)23(26)17-16-19-10-6-13-21(19)22-14-7-11-20(25(22)28)12-8-15-24(27)29-3/h7,11,14,16-19,21,23,26,28H,6,8-10,12-13,15H2,1-3H3/b17-16+/t18?,19?,21-,23-/m0/s1. The minimum Gasteiger partial charge on any atom is -0.507 e. The predicted molar refractivity (Wildman–Crippen MR) is 116 cm³/mol. The lowest BCUT2D eigenvalue weighted by molar-refractivity contribution is -0.140. The summed E-state index contributed by atoms with van der Waals surface area (Å²) in [6.07, 6.45) is 9.07. The molecule has 1 aromatic rings. The fourth-order valence-corrected chi connectivity index (χ4v) is 4.07. The normalized spacial score (nSPS) is 20.8. The van der Waals surface area contributed by atoms with Crippen molar-refractivity contribution in [2.75, 3.05) is 7.11 Å². The molecule has 1 fully saturated rings. The number of para-hydroxylation sites is 1. The van der Waals surface area contributed by atoms with E-state index >= 15 is 0 Å². The van der Waals surface area contributed by atoms with Gasteiger partial charge in [0, 0.05) is 12.8 Å². The van der Waals surface area contributed by atoms with E-state index in [0.29, 0.717) is 37.4 Å². The molecule has 4 heteroatoms. The predicted octanol–water partition coefficient (Wildman–Crippen LogP) is 4.74. The Labute approximate surface area is 175 Å². The van der Waals surface area contributed by atoms with Gasteiger partial charge in [-0.15, -0.1) is 11.8 Å². The molecule has 1 aliphatic rings. The molecule has 1 aliphatic carbocycles. The number of aromatic hydroxyl groups is 1. The van der Waals surface area contributed by atoms with Crippen LogP contribution in [0.5, 0.6) is 5.75 Å². The Kier molecular flexibility index (Phi) is 9.28. The zero-order chi connectivity index (χ0) is 21.2. The average Bonchev–Trinajstić information content (AvgIpc) is 3.19. The van der Waals surface area contributed by atoms with Gasteiger partial charge in [0.15, 0.2) is 0 Å². The van der Waals surface area contributed by atoms with Crippen molar-refractivity contribution in [3.63, 3.8) is 0 Å². The van der Waals surface area contributed by atoms with Crippen LogP contribution < -0.4 is 0 Å². The van der Waals surface area contributed by atoms with Gasteiger partial charge in [-0.05, 0) is 61.5 Å². The highest BCUT2D eigenvalue weighted by molar-refractivity contribution is 5.69. The monoisotopic (exact) mass is 398 g/mol. The largest absolute Gasteiger partial charge is 0.507 e. The van der Waals surface area contributed by atoms with Crippen molar-refractivity contribution in [1.82, 2.24) is 0 Å². The summed E-state index contributed by atoms with van der Waals surface area (Å²) in [5.74, 6) is 6.70. The summed E-state index contributed by atoms with van der Waals surface area (Å²) in [6, 6.07) is 5.92. The van der Waals surface area contributed by atoms with Crippen LogP contribution in [-0.4, -0.2) is 29.4 Å². The van der Waals surface area contributed by atoms with Gasteiger partial charge in [-0.2, -0.15) is 0 Å². The van der Waals surface area contributed by atoms with Gasteiger partial charge in [0.2, 0.25) is 0 Å². The lowest BCUT2D eigenvalue weighted by Gasteiger charge is -2.21. The summed E-state index contributed by atoms with van der Waals surface area (Å²) in [5.41, 5.74) is 1.86. The Morgan fingerprint density at radius 1 is 1.38 bits per heavy atom. The van der Waals surface area contributed by atoms with Crippen molar-refractivity contribution < 1.29 is 19.7 Å². The number of carbonyl (C=O) groups is 1. The van der Waals surface area contributed by atoms with E-state index in [-0.39, 0.29) is 17.8 Å². The molecule has 0 amide bonds. The van der Waals surface area contributed by atoms with Crippen LogP contribution in [0.4, 0.5) is 0 Å². The maximum Gasteiger partial charge on any atom is 0.305 e. The molecule has 0 aromatic heterocycles. The molecule has 1 aromatic carbocycles.